The van der Waals surface area contributed by atoms with Crippen molar-refractivity contribution in [1.29, 1.82) is 0 Å². The first-order valence-electron chi connectivity index (χ1n) is 9.14. The Morgan fingerprint density at radius 1 is 1.22 bits per heavy atom. The summed E-state index contributed by atoms with van der Waals surface area (Å²) in [6.07, 6.45) is 4.99. The summed E-state index contributed by atoms with van der Waals surface area (Å²) in [4.78, 5) is 12.3. The molecular weight excluding hydrogens is 469 g/mol. The second kappa shape index (κ2) is 10.7. The molecule has 1 aromatic carbocycles. The molecule has 0 saturated carbocycles. The van der Waals surface area contributed by atoms with E-state index in [2.05, 4.69) is 69.2 Å². The van der Waals surface area contributed by atoms with E-state index in [4.69, 9.17) is 0 Å². The predicted molar refractivity (Wildman–Crippen MR) is 127 cm³/mol. The van der Waals surface area contributed by atoms with Crippen LogP contribution in [0.5, 0.6) is 0 Å². The average Bonchev–Trinajstić information content (AvgIpc) is 3.27. The molecule has 2 heterocycles. The maximum Gasteiger partial charge on any atom is 0.190 e. The zero-order valence-electron chi connectivity index (χ0n) is 16.1. The van der Waals surface area contributed by atoms with Crippen molar-refractivity contribution in [3.63, 3.8) is 0 Å². The second-order valence-corrected chi connectivity index (χ2v) is 7.32. The van der Waals surface area contributed by atoms with E-state index in [0.717, 1.165) is 44.0 Å². The summed E-state index contributed by atoms with van der Waals surface area (Å²) in [5.74, 6) is 0.839. The highest BCUT2D eigenvalue weighted by atomic mass is 127. The summed E-state index contributed by atoms with van der Waals surface area (Å²) in [5.41, 5.74) is 4.97. The van der Waals surface area contributed by atoms with Crippen LogP contribution in [0, 0.1) is 6.92 Å². The standard InChI is InChI=1S/C20H27N5S.HI/c1-4-19-25-16(13-26-19)8-10-23-20(21-3)22-9-7-15-12-24-18-11-14(2)5-6-17(15)18;/h5-6,11-13,24H,4,7-10H2,1-3H3,(H2,21,22,23);1H. The molecule has 0 spiro atoms. The van der Waals surface area contributed by atoms with Crippen LogP contribution >= 0.6 is 35.3 Å². The van der Waals surface area contributed by atoms with Gasteiger partial charge in [0.25, 0.3) is 0 Å². The molecule has 0 bridgehead atoms. The molecule has 2 aromatic heterocycles. The van der Waals surface area contributed by atoms with Crippen LogP contribution in [-0.2, 0) is 19.3 Å². The molecule has 5 nitrogen and oxygen atoms in total. The Bertz CT molecular complexity index is 884. The Balaban J connectivity index is 0.00000261. The number of aromatic amines is 1. The van der Waals surface area contributed by atoms with E-state index >= 15 is 0 Å². The fourth-order valence-electron chi connectivity index (χ4n) is 2.98. The molecule has 0 radical (unpaired) electrons. The maximum absolute atomic E-state index is 4.60. The zero-order valence-corrected chi connectivity index (χ0v) is 19.3. The minimum absolute atomic E-state index is 0. The van der Waals surface area contributed by atoms with Crippen LogP contribution in [0.2, 0.25) is 0 Å². The quantitative estimate of drug-likeness (QED) is 0.262. The number of nitrogens with zero attached hydrogens (tertiary/aromatic N) is 2. The molecular formula is C20H28IN5S. The fraction of sp³-hybridized carbons (Fsp3) is 0.400. The van der Waals surface area contributed by atoms with Crippen molar-refractivity contribution in [2.24, 2.45) is 4.99 Å². The van der Waals surface area contributed by atoms with E-state index < -0.39 is 0 Å². The SMILES string of the molecule is CCc1nc(CCNC(=NC)NCCc2c[nH]c3cc(C)ccc23)cs1.I. The van der Waals surface area contributed by atoms with Gasteiger partial charge in [0.15, 0.2) is 5.96 Å². The molecule has 3 N–H and O–H groups in total. The molecule has 0 unspecified atom stereocenters. The first-order chi connectivity index (χ1) is 12.7. The smallest absolute Gasteiger partial charge is 0.190 e. The van der Waals surface area contributed by atoms with Crippen molar-refractivity contribution >= 4 is 52.2 Å². The van der Waals surface area contributed by atoms with Crippen LogP contribution in [-0.4, -0.2) is 36.1 Å². The van der Waals surface area contributed by atoms with Gasteiger partial charge in [0.1, 0.15) is 0 Å². The Hall–Kier alpha value is -1.61. The number of guanidine groups is 1. The predicted octanol–water partition coefficient (Wildman–Crippen LogP) is 4.06. The van der Waals surface area contributed by atoms with Gasteiger partial charge in [-0.15, -0.1) is 35.3 Å². The van der Waals surface area contributed by atoms with E-state index in [1.807, 2.05) is 7.05 Å². The number of aromatic nitrogens is 2. The van der Waals surface area contributed by atoms with Gasteiger partial charge in [0, 0.05) is 49.0 Å². The van der Waals surface area contributed by atoms with Crippen LogP contribution in [0.15, 0.2) is 34.8 Å². The van der Waals surface area contributed by atoms with Gasteiger partial charge >= 0.3 is 0 Å². The van der Waals surface area contributed by atoms with Gasteiger partial charge in [-0.3, -0.25) is 4.99 Å². The minimum atomic E-state index is 0. The lowest BCUT2D eigenvalue weighted by Crippen LogP contribution is -2.39. The number of thiazole rings is 1. The van der Waals surface area contributed by atoms with Crippen molar-refractivity contribution < 1.29 is 0 Å². The molecule has 3 rings (SSSR count). The van der Waals surface area contributed by atoms with Gasteiger partial charge in [-0.25, -0.2) is 4.98 Å². The van der Waals surface area contributed by atoms with Crippen molar-refractivity contribution in [3.8, 4) is 0 Å². The highest BCUT2D eigenvalue weighted by molar-refractivity contribution is 14.0. The number of nitrogens with one attached hydrogen (secondary N) is 3. The van der Waals surface area contributed by atoms with Crippen molar-refractivity contribution in [1.82, 2.24) is 20.6 Å². The molecule has 0 aliphatic carbocycles. The van der Waals surface area contributed by atoms with Gasteiger partial charge in [-0.05, 0) is 37.0 Å². The molecule has 0 aliphatic heterocycles. The lowest BCUT2D eigenvalue weighted by molar-refractivity contribution is 0.778. The third-order valence-corrected chi connectivity index (χ3v) is 5.45. The number of rotatable bonds is 7. The van der Waals surface area contributed by atoms with Gasteiger partial charge in [-0.1, -0.05) is 19.1 Å². The summed E-state index contributed by atoms with van der Waals surface area (Å²) in [7, 11) is 1.81. The normalized spacial score (nSPS) is 11.4. The topological polar surface area (TPSA) is 65.1 Å². The van der Waals surface area contributed by atoms with Gasteiger partial charge in [0.05, 0.1) is 10.7 Å². The molecule has 27 heavy (non-hydrogen) atoms. The number of benzene rings is 1. The lowest BCUT2D eigenvalue weighted by Gasteiger charge is -2.11. The first kappa shape index (κ1) is 21.7. The van der Waals surface area contributed by atoms with E-state index in [0.29, 0.717) is 0 Å². The summed E-state index contributed by atoms with van der Waals surface area (Å²) in [6, 6.07) is 6.55. The van der Waals surface area contributed by atoms with Crippen LogP contribution in [0.25, 0.3) is 10.9 Å². The number of aryl methyl sites for hydroxylation is 2. The Morgan fingerprint density at radius 3 is 2.70 bits per heavy atom. The minimum Gasteiger partial charge on any atom is -0.361 e. The number of fused-ring (bicyclic) bond motifs is 1. The maximum atomic E-state index is 4.60. The molecule has 3 aromatic rings. The Kier molecular flexibility index (Phi) is 8.56. The van der Waals surface area contributed by atoms with Gasteiger partial charge < -0.3 is 15.6 Å². The fourth-order valence-corrected chi connectivity index (χ4v) is 3.76. The lowest BCUT2D eigenvalue weighted by atomic mass is 10.1. The van der Waals surface area contributed by atoms with Crippen LogP contribution in [0.3, 0.4) is 0 Å². The number of H-pyrrole nitrogens is 1. The number of halogens is 1. The summed E-state index contributed by atoms with van der Waals surface area (Å²) >= 11 is 1.74. The highest BCUT2D eigenvalue weighted by Gasteiger charge is 2.05. The van der Waals surface area contributed by atoms with Crippen LogP contribution < -0.4 is 10.6 Å². The number of hydrogen-bond acceptors (Lipinski definition) is 3. The molecule has 0 aliphatic rings. The highest BCUT2D eigenvalue weighted by Crippen LogP contribution is 2.19. The molecule has 7 heteroatoms. The Labute approximate surface area is 182 Å². The van der Waals surface area contributed by atoms with E-state index in [-0.39, 0.29) is 24.0 Å². The molecule has 0 saturated heterocycles. The molecule has 0 amide bonds. The molecule has 146 valence electrons. The van der Waals surface area contributed by atoms with Gasteiger partial charge in [-0.2, -0.15) is 0 Å². The monoisotopic (exact) mass is 497 g/mol. The van der Waals surface area contributed by atoms with Crippen LogP contribution in [0.1, 0.15) is 28.8 Å². The largest absolute Gasteiger partial charge is 0.361 e. The number of hydrogen-bond donors (Lipinski definition) is 3. The third kappa shape index (κ3) is 5.93. The van der Waals surface area contributed by atoms with Crippen molar-refractivity contribution in [2.45, 2.75) is 33.1 Å². The third-order valence-electron chi connectivity index (χ3n) is 4.41. The van der Waals surface area contributed by atoms with Crippen molar-refractivity contribution in [2.75, 3.05) is 20.1 Å². The summed E-state index contributed by atoms with van der Waals surface area (Å²) in [5, 5.41) is 11.4. The zero-order chi connectivity index (χ0) is 18.4. The van der Waals surface area contributed by atoms with Crippen LogP contribution in [0.4, 0.5) is 0 Å². The van der Waals surface area contributed by atoms with Gasteiger partial charge in [0.2, 0.25) is 0 Å². The summed E-state index contributed by atoms with van der Waals surface area (Å²) < 4.78 is 0. The number of aliphatic imine (C=N–C) groups is 1. The van der Waals surface area contributed by atoms with Crippen molar-refractivity contribution in [3.05, 3.63) is 51.6 Å². The summed E-state index contributed by atoms with van der Waals surface area (Å²) in [6.45, 7) is 5.93. The average molecular weight is 497 g/mol. The van der Waals surface area contributed by atoms with E-state index in [9.17, 15) is 0 Å². The first-order valence-corrected chi connectivity index (χ1v) is 10.0. The van der Waals surface area contributed by atoms with E-state index in [1.54, 1.807) is 11.3 Å². The Morgan fingerprint density at radius 2 is 2.00 bits per heavy atom. The molecule has 0 fully saturated rings. The second-order valence-electron chi connectivity index (χ2n) is 6.37. The molecule has 0 atom stereocenters. The van der Waals surface area contributed by atoms with E-state index in [1.165, 1.54) is 27.0 Å².